The number of Topliss-reactive ketones (excluding diaryl/α,β-unsaturated/α-hetero) is 2. The molecule has 0 spiro atoms. The number of aliphatic hydroxyl groups is 1. The molecule has 0 saturated carbocycles. The lowest BCUT2D eigenvalue weighted by Gasteiger charge is -2.47. The number of ether oxygens (including phenoxy) is 5. The quantitative estimate of drug-likeness (QED) is 0.116. The molecular weight excluding hydrogens is 717 g/mol. The van der Waals surface area contributed by atoms with Crippen molar-refractivity contribution >= 4 is 35.4 Å². The zero-order valence-corrected chi connectivity index (χ0v) is 34.9. The third-order valence-corrected chi connectivity index (χ3v) is 12.7. The van der Waals surface area contributed by atoms with Gasteiger partial charge in [-0.05, 0) is 80.5 Å². The number of cyclic esters (lactones) is 1. The number of thioether (sulfide) groups is 1. The summed E-state index contributed by atoms with van der Waals surface area (Å²) < 4.78 is 31.1. The van der Waals surface area contributed by atoms with Crippen molar-refractivity contribution in [3.8, 4) is 0 Å². The van der Waals surface area contributed by atoms with Crippen molar-refractivity contribution in [2.24, 2.45) is 23.7 Å². The van der Waals surface area contributed by atoms with Crippen molar-refractivity contribution in [2.45, 2.75) is 147 Å². The number of nitrogens with zero attached hydrogens (tertiary/aromatic N) is 4. The Morgan fingerprint density at radius 2 is 1.76 bits per heavy atom. The minimum Gasteiger partial charge on any atom is -0.458 e. The van der Waals surface area contributed by atoms with E-state index in [2.05, 4.69) is 9.97 Å². The first-order valence-corrected chi connectivity index (χ1v) is 20.2. The van der Waals surface area contributed by atoms with Crippen LogP contribution in [0.1, 0.15) is 86.8 Å². The second kappa shape index (κ2) is 18.1. The van der Waals surface area contributed by atoms with Crippen LogP contribution in [0.2, 0.25) is 0 Å². The van der Waals surface area contributed by atoms with E-state index in [1.807, 2.05) is 45.8 Å². The molecule has 0 bridgehead atoms. The molecule has 4 rings (SSSR count). The summed E-state index contributed by atoms with van der Waals surface area (Å²) in [4.78, 5) is 68.7. The number of aryl methyl sites for hydroxylation is 1. The molecule has 14 nitrogen and oxygen atoms in total. The van der Waals surface area contributed by atoms with Gasteiger partial charge in [0.15, 0.2) is 22.8 Å². The maximum absolute atomic E-state index is 14.6. The minimum absolute atomic E-state index is 0.131. The molecule has 3 fully saturated rings. The Bertz CT molecular complexity index is 1500. The number of carbonyl (C=O) groups is 4. The number of aromatic nitrogens is 2. The van der Waals surface area contributed by atoms with E-state index in [1.54, 1.807) is 45.7 Å². The molecule has 15 heteroatoms. The molecular formula is C39H62N4O10S. The van der Waals surface area contributed by atoms with Crippen molar-refractivity contribution in [1.82, 2.24) is 19.8 Å². The fourth-order valence-corrected chi connectivity index (χ4v) is 9.40. The van der Waals surface area contributed by atoms with Gasteiger partial charge >= 0.3 is 12.1 Å². The number of carbonyl (C=O) groups excluding carboxylic acids is 4. The van der Waals surface area contributed by atoms with Crippen molar-refractivity contribution in [3.63, 3.8) is 0 Å². The highest BCUT2D eigenvalue weighted by Crippen LogP contribution is 2.43. The van der Waals surface area contributed by atoms with Crippen LogP contribution in [0, 0.1) is 30.6 Å². The number of aliphatic hydroxyl groups excluding tert-OH is 1. The fourth-order valence-electron chi connectivity index (χ4n) is 8.60. The molecule has 54 heavy (non-hydrogen) atoms. The third kappa shape index (κ3) is 9.29. The van der Waals surface area contributed by atoms with E-state index in [-0.39, 0.29) is 37.3 Å². The first kappa shape index (κ1) is 44.0. The Morgan fingerprint density at radius 1 is 1.07 bits per heavy atom. The number of amides is 1. The first-order valence-electron chi connectivity index (χ1n) is 19.2. The SMILES string of the molecule is CC[C@H]1OC(=O)[C@H](C)C(=O)[C@H](C)[C@@H](O[C@@H]2O[C@H](C)C[C@H](N(C)C)[C@H]2O)[C@](C)(OC)C[C@@H](C)C(=O)[C@H](C)[C@H]2N(CCCSc3nccc(C)n3)C(=O)O[C@]12C. The normalized spacial score (nSPS) is 38.6. The Kier molecular flexibility index (Phi) is 14.7. The minimum atomic E-state index is -1.40. The zero-order valence-electron chi connectivity index (χ0n) is 34.1. The molecule has 13 atom stereocenters. The van der Waals surface area contributed by atoms with Gasteiger partial charge in [0.05, 0.1) is 23.9 Å². The molecule has 1 amide bonds. The van der Waals surface area contributed by atoms with Crippen LogP contribution in [0.4, 0.5) is 4.79 Å². The van der Waals surface area contributed by atoms with E-state index < -0.39 is 83.4 Å². The number of esters is 1. The predicted octanol–water partition coefficient (Wildman–Crippen LogP) is 4.47. The van der Waals surface area contributed by atoms with Crippen LogP contribution >= 0.6 is 11.8 Å². The first-order chi connectivity index (χ1) is 25.3. The van der Waals surface area contributed by atoms with Crippen molar-refractivity contribution in [1.29, 1.82) is 0 Å². The summed E-state index contributed by atoms with van der Waals surface area (Å²) >= 11 is 1.47. The van der Waals surface area contributed by atoms with E-state index in [0.29, 0.717) is 23.8 Å². The van der Waals surface area contributed by atoms with Crippen LogP contribution < -0.4 is 0 Å². The number of methoxy groups -OCH3 is 1. The molecule has 3 saturated heterocycles. The lowest BCUT2D eigenvalue weighted by Crippen LogP contribution is -2.60. The molecule has 1 aromatic heterocycles. The summed E-state index contributed by atoms with van der Waals surface area (Å²) in [5.41, 5.74) is -1.81. The van der Waals surface area contributed by atoms with E-state index >= 15 is 0 Å². The number of hydrogen-bond donors (Lipinski definition) is 1. The Labute approximate surface area is 324 Å². The summed E-state index contributed by atoms with van der Waals surface area (Å²) in [6, 6.07) is 0.758. The standard InChI is InChI=1S/C39H62N4O10S/c1-13-28-39(9)32(43(37(48)53-39)17-14-18-54-36-40-16-15-22(3)41-36)24(5)29(44)21(2)20-38(8,49-12)33(25(6)30(45)26(7)34(47)51-28)52-35-31(46)27(42(10)11)19-23(4)50-35/h15-16,21,23-28,31-33,35,46H,13-14,17-20H2,1-12H3/t21-,23-,24+,25+,26-,27+,28-,31-,32-,33-,35+,38-,39-/m1/s1. The van der Waals surface area contributed by atoms with E-state index in [9.17, 15) is 24.3 Å². The monoisotopic (exact) mass is 778 g/mol. The van der Waals surface area contributed by atoms with Crippen LogP contribution in [0.3, 0.4) is 0 Å². The van der Waals surface area contributed by atoms with Crippen LogP contribution in [-0.2, 0) is 38.1 Å². The summed E-state index contributed by atoms with van der Waals surface area (Å²) in [6.07, 6.45) is -1.78. The van der Waals surface area contributed by atoms with Crippen molar-refractivity contribution < 1.29 is 48.0 Å². The van der Waals surface area contributed by atoms with Gasteiger partial charge in [-0.25, -0.2) is 14.8 Å². The highest BCUT2D eigenvalue weighted by molar-refractivity contribution is 7.99. The van der Waals surface area contributed by atoms with Gasteiger partial charge < -0.3 is 38.6 Å². The van der Waals surface area contributed by atoms with Gasteiger partial charge in [-0.15, -0.1) is 0 Å². The summed E-state index contributed by atoms with van der Waals surface area (Å²) in [5, 5.41) is 12.0. The molecule has 0 aromatic carbocycles. The third-order valence-electron chi connectivity index (χ3n) is 11.7. The van der Waals surface area contributed by atoms with Gasteiger partial charge in [-0.2, -0.15) is 0 Å². The molecule has 304 valence electrons. The maximum Gasteiger partial charge on any atom is 0.410 e. The van der Waals surface area contributed by atoms with Gasteiger partial charge in [-0.1, -0.05) is 39.5 Å². The lowest BCUT2D eigenvalue weighted by molar-refractivity contribution is -0.295. The van der Waals surface area contributed by atoms with Crippen molar-refractivity contribution in [3.05, 3.63) is 18.0 Å². The molecule has 1 aromatic rings. The molecule has 3 aliphatic heterocycles. The zero-order chi connectivity index (χ0) is 40.3. The fraction of sp³-hybridized carbons (Fsp3) is 0.795. The largest absolute Gasteiger partial charge is 0.458 e. The second-order valence-electron chi connectivity index (χ2n) is 16.1. The Morgan fingerprint density at radius 3 is 2.37 bits per heavy atom. The molecule has 0 aliphatic carbocycles. The topological polar surface area (TPSA) is 167 Å². The molecule has 3 aliphatic rings. The second-order valence-corrected chi connectivity index (χ2v) is 17.1. The predicted molar refractivity (Wildman–Crippen MR) is 202 cm³/mol. The van der Waals surface area contributed by atoms with Gasteiger partial charge in [0.25, 0.3) is 0 Å². The van der Waals surface area contributed by atoms with E-state index in [1.165, 1.54) is 25.8 Å². The van der Waals surface area contributed by atoms with Crippen LogP contribution in [0.15, 0.2) is 17.4 Å². The van der Waals surface area contributed by atoms with Crippen LogP contribution in [0.5, 0.6) is 0 Å². The number of rotatable bonds is 10. The van der Waals surface area contributed by atoms with E-state index in [0.717, 1.165) is 5.69 Å². The molecule has 1 N–H and O–H groups in total. The van der Waals surface area contributed by atoms with Gasteiger partial charge in [-0.3, -0.25) is 14.4 Å². The van der Waals surface area contributed by atoms with Gasteiger partial charge in [0.1, 0.15) is 23.9 Å². The molecule has 0 unspecified atom stereocenters. The van der Waals surface area contributed by atoms with Crippen molar-refractivity contribution in [2.75, 3.05) is 33.5 Å². The Hall–Kier alpha value is -2.69. The lowest BCUT2D eigenvalue weighted by atomic mass is 9.73. The average molecular weight is 779 g/mol. The number of hydrogen-bond acceptors (Lipinski definition) is 14. The highest BCUT2D eigenvalue weighted by atomic mass is 32.2. The average Bonchev–Trinajstić information content (AvgIpc) is 3.38. The molecule has 0 radical (unpaired) electrons. The Balaban J connectivity index is 1.71. The smallest absolute Gasteiger partial charge is 0.410 e. The summed E-state index contributed by atoms with van der Waals surface area (Å²) in [6.45, 7) is 16.1. The van der Waals surface area contributed by atoms with E-state index in [4.69, 9.17) is 23.7 Å². The maximum atomic E-state index is 14.6. The van der Waals surface area contributed by atoms with Crippen LogP contribution in [-0.4, -0.2) is 136 Å². The number of ketones is 2. The summed E-state index contributed by atoms with van der Waals surface area (Å²) in [7, 11) is 5.23. The highest BCUT2D eigenvalue weighted by Gasteiger charge is 2.60. The van der Waals surface area contributed by atoms with Crippen LogP contribution in [0.25, 0.3) is 0 Å². The van der Waals surface area contributed by atoms with Gasteiger partial charge in [0.2, 0.25) is 0 Å². The number of likely N-dealkylation sites (N-methyl/N-ethyl adjacent to an activating group) is 1. The van der Waals surface area contributed by atoms with Gasteiger partial charge in [0, 0.05) is 55.1 Å². The summed E-state index contributed by atoms with van der Waals surface area (Å²) in [5.74, 6) is -4.33. The number of fused-ring (bicyclic) bond motifs is 1. The molecule has 4 heterocycles.